The van der Waals surface area contributed by atoms with Crippen LogP contribution in [0, 0.1) is 6.92 Å². The molecule has 186 valence electrons. The van der Waals surface area contributed by atoms with Gasteiger partial charge < -0.3 is 0 Å². The summed E-state index contributed by atoms with van der Waals surface area (Å²) in [4.78, 5) is 0. The molecule has 2 aromatic heterocycles. The Kier molecular flexibility index (Phi) is 6.36. The van der Waals surface area contributed by atoms with Crippen molar-refractivity contribution in [2.75, 3.05) is 0 Å². The molecule has 0 unspecified atom stereocenters. The van der Waals surface area contributed by atoms with E-state index < -0.39 is 0 Å². The Morgan fingerprint density at radius 2 is 1.59 bits per heavy atom. The zero-order valence-corrected chi connectivity index (χ0v) is 23.4. The third kappa shape index (κ3) is 4.38. The maximum absolute atomic E-state index is 6.66. The molecule has 37 heavy (non-hydrogen) atoms. The number of hydrogen-bond acceptors (Lipinski definition) is 4. The quantitative estimate of drug-likeness (QED) is 0.206. The van der Waals surface area contributed by atoms with Gasteiger partial charge in [-0.25, -0.2) is 4.68 Å². The highest BCUT2D eigenvalue weighted by molar-refractivity contribution is 7.14. The molecule has 0 N–H and O–H groups in total. The molecule has 0 amide bonds. The van der Waals surface area contributed by atoms with E-state index in [0.717, 1.165) is 57.5 Å². The summed E-state index contributed by atoms with van der Waals surface area (Å²) >= 11 is 20.7. The number of aromatic nitrogens is 4. The van der Waals surface area contributed by atoms with Crippen LogP contribution in [0.5, 0.6) is 0 Å². The van der Waals surface area contributed by atoms with Gasteiger partial charge >= 0.3 is 0 Å². The summed E-state index contributed by atoms with van der Waals surface area (Å²) in [7, 11) is 0. The van der Waals surface area contributed by atoms with E-state index in [-0.39, 0.29) is 5.41 Å². The maximum Gasteiger partial charge on any atom is 0.168 e. The number of rotatable bonds is 6. The van der Waals surface area contributed by atoms with Crippen LogP contribution < -0.4 is 0 Å². The second kappa shape index (κ2) is 9.55. The van der Waals surface area contributed by atoms with Crippen molar-refractivity contribution in [3.8, 4) is 27.6 Å². The first-order valence-electron chi connectivity index (χ1n) is 12.1. The van der Waals surface area contributed by atoms with Crippen molar-refractivity contribution < 1.29 is 0 Å². The Bertz CT molecular complexity index is 1600. The molecule has 8 heteroatoms. The van der Waals surface area contributed by atoms with Gasteiger partial charge in [-0.1, -0.05) is 95.0 Å². The predicted octanol–water partition coefficient (Wildman–Crippen LogP) is 8.97. The Balaban J connectivity index is 1.51. The summed E-state index contributed by atoms with van der Waals surface area (Å²) in [5, 5.41) is 18.0. The lowest BCUT2D eigenvalue weighted by atomic mass is 9.96. The standard InChI is InChI=1S/C29H23Cl3N4S/c1-3-22-25(27-33-34-28(37-27)29(14-15-29)19-8-4-17(2)5-9-19)35-36(24-13-12-21(31)16-23(24)32)26(22)18-6-10-20(30)11-7-18/h4-13,16H,3,14-15H2,1-2H3. The van der Waals surface area contributed by atoms with E-state index in [9.17, 15) is 0 Å². The van der Waals surface area contributed by atoms with Crippen molar-refractivity contribution in [2.24, 2.45) is 0 Å². The van der Waals surface area contributed by atoms with E-state index >= 15 is 0 Å². The first-order chi connectivity index (χ1) is 17.9. The van der Waals surface area contributed by atoms with Crippen LogP contribution in [0.4, 0.5) is 0 Å². The second-order valence-electron chi connectivity index (χ2n) is 9.40. The van der Waals surface area contributed by atoms with Crippen LogP contribution in [0.1, 0.15) is 41.5 Å². The molecule has 6 rings (SSSR count). The lowest BCUT2D eigenvalue weighted by Gasteiger charge is -2.11. The Morgan fingerprint density at radius 3 is 2.24 bits per heavy atom. The van der Waals surface area contributed by atoms with Crippen LogP contribution in [-0.2, 0) is 11.8 Å². The summed E-state index contributed by atoms with van der Waals surface area (Å²) in [5.74, 6) is 0. The molecule has 1 aliphatic carbocycles. The summed E-state index contributed by atoms with van der Waals surface area (Å²) in [6.07, 6.45) is 2.92. The van der Waals surface area contributed by atoms with Gasteiger partial charge in [0, 0.05) is 26.6 Å². The molecule has 2 heterocycles. The summed E-state index contributed by atoms with van der Waals surface area (Å²) in [6.45, 7) is 4.24. The van der Waals surface area contributed by atoms with Crippen molar-refractivity contribution in [3.63, 3.8) is 0 Å². The van der Waals surface area contributed by atoms with Gasteiger partial charge in [0.05, 0.1) is 16.4 Å². The average molecular weight is 566 g/mol. The van der Waals surface area contributed by atoms with Gasteiger partial charge in [-0.3, -0.25) is 0 Å². The highest BCUT2D eigenvalue weighted by Crippen LogP contribution is 2.55. The molecular formula is C29H23Cl3N4S. The Morgan fingerprint density at radius 1 is 0.892 bits per heavy atom. The van der Waals surface area contributed by atoms with Crippen molar-refractivity contribution in [1.82, 2.24) is 20.0 Å². The first kappa shape index (κ1) is 24.6. The molecule has 1 saturated carbocycles. The SMILES string of the molecule is CCc1c(-c2nnc(C3(c4ccc(C)cc4)CC3)s2)nn(-c2ccc(Cl)cc2Cl)c1-c1ccc(Cl)cc1. The highest BCUT2D eigenvalue weighted by Gasteiger charge is 2.49. The van der Waals surface area contributed by atoms with Gasteiger partial charge in [-0.05, 0) is 62.1 Å². The number of halogens is 3. The highest BCUT2D eigenvalue weighted by atomic mass is 35.5. The van der Waals surface area contributed by atoms with Crippen molar-refractivity contribution in [1.29, 1.82) is 0 Å². The van der Waals surface area contributed by atoms with Gasteiger partial charge in [0.15, 0.2) is 5.01 Å². The molecule has 0 aliphatic heterocycles. The van der Waals surface area contributed by atoms with E-state index in [2.05, 4.69) is 48.3 Å². The fourth-order valence-corrected chi connectivity index (χ4v) is 6.56. The van der Waals surface area contributed by atoms with Crippen LogP contribution in [0.3, 0.4) is 0 Å². The first-order valence-corrected chi connectivity index (χ1v) is 14.1. The third-order valence-corrected chi connectivity index (χ3v) is 8.91. The lowest BCUT2D eigenvalue weighted by Crippen LogP contribution is -2.08. The molecule has 1 aliphatic rings. The molecule has 5 aromatic rings. The molecular weight excluding hydrogens is 543 g/mol. The molecule has 0 atom stereocenters. The minimum atomic E-state index is -0.0446. The fraction of sp³-hybridized carbons (Fsp3) is 0.207. The van der Waals surface area contributed by atoms with Crippen molar-refractivity contribution in [2.45, 2.75) is 38.5 Å². The van der Waals surface area contributed by atoms with Gasteiger partial charge in [-0.2, -0.15) is 5.10 Å². The monoisotopic (exact) mass is 564 g/mol. The summed E-state index contributed by atoms with van der Waals surface area (Å²) in [5.41, 5.74) is 7.11. The maximum atomic E-state index is 6.66. The fourth-order valence-electron chi connectivity index (χ4n) is 4.82. The predicted molar refractivity (Wildman–Crippen MR) is 154 cm³/mol. The van der Waals surface area contributed by atoms with Gasteiger partial charge in [-0.15, -0.1) is 10.2 Å². The Hall–Kier alpha value is -2.70. The average Bonchev–Trinajstić information content (AvgIpc) is 3.38. The molecule has 1 fully saturated rings. The summed E-state index contributed by atoms with van der Waals surface area (Å²) < 4.78 is 1.89. The zero-order chi connectivity index (χ0) is 25.7. The van der Waals surface area contributed by atoms with E-state index in [1.54, 1.807) is 17.4 Å². The number of hydrogen-bond donors (Lipinski definition) is 0. The minimum Gasteiger partial charge on any atom is -0.231 e. The summed E-state index contributed by atoms with van der Waals surface area (Å²) in [6, 6.07) is 22.0. The molecule has 0 bridgehead atoms. The smallest absolute Gasteiger partial charge is 0.168 e. The van der Waals surface area contributed by atoms with E-state index in [0.29, 0.717) is 15.1 Å². The molecule has 0 radical (unpaired) electrons. The van der Waals surface area contributed by atoms with Gasteiger partial charge in [0.1, 0.15) is 10.7 Å². The lowest BCUT2D eigenvalue weighted by molar-refractivity contribution is 0.806. The third-order valence-electron chi connectivity index (χ3n) is 6.98. The van der Waals surface area contributed by atoms with E-state index in [1.165, 1.54) is 11.1 Å². The molecule has 3 aromatic carbocycles. The zero-order valence-electron chi connectivity index (χ0n) is 20.3. The van der Waals surface area contributed by atoms with Crippen LogP contribution >= 0.6 is 46.1 Å². The van der Waals surface area contributed by atoms with Crippen LogP contribution in [0.2, 0.25) is 15.1 Å². The molecule has 0 spiro atoms. The van der Waals surface area contributed by atoms with Gasteiger partial charge in [0.2, 0.25) is 0 Å². The normalized spacial score (nSPS) is 14.2. The molecule has 4 nitrogen and oxygen atoms in total. The van der Waals surface area contributed by atoms with E-state index in [1.807, 2.05) is 41.1 Å². The van der Waals surface area contributed by atoms with Crippen LogP contribution in [0.25, 0.3) is 27.6 Å². The van der Waals surface area contributed by atoms with Crippen molar-refractivity contribution >= 4 is 46.1 Å². The van der Waals surface area contributed by atoms with E-state index in [4.69, 9.17) is 39.9 Å². The number of nitrogens with zero attached hydrogens (tertiary/aromatic N) is 4. The molecule has 0 saturated heterocycles. The second-order valence-corrected chi connectivity index (χ2v) is 11.7. The minimum absolute atomic E-state index is 0.0446. The number of aryl methyl sites for hydroxylation is 1. The largest absolute Gasteiger partial charge is 0.231 e. The number of benzene rings is 3. The van der Waals surface area contributed by atoms with Gasteiger partial charge in [0.25, 0.3) is 0 Å². The topological polar surface area (TPSA) is 43.6 Å². The van der Waals surface area contributed by atoms with Crippen molar-refractivity contribution in [3.05, 3.63) is 103 Å². The Labute approximate surface area is 234 Å². The van der Waals surface area contributed by atoms with Crippen LogP contribution in [0.15, 0.2) is 66.7 Å². The van der Waals surface area contributed by atoms with Crippen LogP contribution in [-0.4, -0.2) is 20.0 Å².